The minimum absolute atomic E-state index is 0.171. The van der Waals surface area contributed by atoms with E-state index in [4.69, 9.17) is 4.52 Å². The summed E-state index contributed by atoms with van der Waals surface area (Å²) < 4.78 is 7.12. The molecule has 1 aliphatic rings. The molecule has 0 saturated carbocycles. The minimum atomic E-state index is -0.228. The number of urea groups is 1. The molecule has 2 amide bonds. The van der Waals surface area contributed by atoms with Crippen molar-refractivity contribution < 1.29 is 9.32 Å². The lowest BCUT2D eigenvalue weighted by molar-refractivity contribution is 0.185. The lowest BCUT2D eigenvalue weighted by atomic mass is 10.1. The van der Waals surface area contributed by atoms with E-state index in [0.717, 1.165) is 36.8 Å². The lowest BCUT2D eigenvalue weighted by Gasteiger charge is -2.28. The van der Waals surface area contributed by atoms with E-state index in [1.165, 1.54) is 0 Å². The van der Waals surface area contributed by atoms with E-state index in [0.29, 0.717) is 23.9 Å². The molecular weight excluding hydrogens is 358 g/mol. The first-order valence-electron chi connectivity index (χ1n) is 9.42. The first-order valence-corrected chi connectivity index (χ1v) is 9.42. The molecule has 1 N–H and O–H groups in total. The maximum absolute atomic E-state index is 13.0. The molecule has 1 atom stereocenters. The highest BCUT2D eigenvalue weighted by atomic mass is 16.5. The molecule has 4 rings (SSSR count). The van der Waals surface area contributed by atoms with Crippen molar-refractivity contribution in [2.75, 3.05) is 11.9 Å². The maximum atomic E-state index is 13.0. The van der Waals surface area contributed by atoms with E-state index < -0.39 is 0 Å². The van der Waals surface area contributed by atoms with Gasteiger partial charge in [-0.15, -0.1) is 0 Å². The number of anilines is 1. The Morgan fingerprint density at radius 1 is 1.29 bits per heavy atom. The molecule has 9 heteroatoms. The van der Waals surface area contributed by atoms with Crippen LogP contribution < -0.4 is 5.32 Å². The molecule has 0 bridgehead atoms. The largest absolute Gasteiger partial charge is 0.334 e. The molecule has 28 heavy (non-hydrogen) atoms. The SMILES string of the molecule is Cc1ccncc1NC(=O)N1CCCCCC1c1noc(-c2cnn(C)c2)n1. The Morgan fingerprint density at radius 2 is 2.18 bits per heavy atom. The molecule has 1 unspecified atom stereocenters. The number of carbonyl (C=O) groups excluding carboxylic acids is 1. The van der Waals surface area contributed by atoms with Gasteiger partial charge in [-0.3, -0.25) is 9.67 Å². The number of carbonyl (C=O) groups is 1. The van der Waals surface area contributed by atoms with Crippen LogP contribution in [0.25, 0.3) is 11.5 Å². The lowest BCUT2D eigenvalue weighted by Crippen LogP contribution is -2.38. The highest BCUT2D eigenvalue weighted by molar-refractivity contribution is 5.90. The zero-order valence-corrected chi connectivity index (χ0v) is 16.0. The molecule has 0 aliphatic carbocycles. The summed E-state index contributed by atoms with van der Waals surface area (Å²) in [6.07, 6.45) is 10.7. The van der Waals surface area contributed by atoms with Gasteiger partial charge in [0, 0.05) is 26.0 Å². The van der Waals surface area contributed by atoms with Gasteiger partial charge in [-0.1, -0.05) is 18.0 Å². The quantitative estimate of drug-likeness (QED) is 0.747. The number of nitrogens with one attached hydrogen (secondary N) is 1. The molecule has 146 valence electrons. The number of nitrogens with zero attached hydrogens (tertiary/aromatic N) is 6. The Bertz CT molecular complexity index is 965. The third-order valence-corrected chi connectivity index (χ3v) is 4.99. The van der Waals surface area contributed by atoms with Crippen LogP contribution in [0, 0.1) is 6.92 Å². The zero-order valence-electron chi connectivity index (χ0n) is 16.0. The summed E-state index contributed by atoms with van der Waals surface area (Å²) in [5.74, 6) is 0.939. The van der Waals surface area contributed by atoms with Crippen molar-refractivity contribution in [3.05, 3.63) is 42.2 Å². The number of likely N-dealkylation sites (tertiary alicyclic amines) is 1. The van der Waals surface area contributed by atoms with E-state index >= 15 is 0 Å². The van der Waals surface area contributed by atoms with Gasteiger partial charge in [-0.2, -0.15) is 10.1 Å². The summed E-state index contributed by atoms with van der Waals surface area (Å²) >= 11 is 0. The Kier molecular flexibility index (Phi) is 5.05. The second-order valence-electron chi connectivity index (χ2n) is 7.04. The molecule has 0 aromatic carbocycles. The molecule has 0 spiro atoms. The number of rotatable bonds is 3. The normalized spacial score (nSPS) is 17.4. The average Bonchev–Trinajstić information content (AvgIpc) is 3.26. The van der Waals surface area contributed by atoms with Gasteiger partial charge >= 0.3 is 6.03 Å². The zero-order chi connectivity index (χ0) is 19.5. The fourth-order valence-electron chi connectivity index (χ4n) is 3.42. The van der Waals surface area contributed by atoms with Crippen molar-refractivity contribution in [1.29, 1.82) is 0 Å². The summed E-state index contributed by atoms with van der Waals surface area (Å²) in [4.78, 5) is 23.5. The van der Waals surface area contributed by atoms with Gasteiger partial charge in [0.05, 0.1) is 29.7 Å². The molecule has 1 fully saturated rings. The highest BCUT2D eigenvalue weighted by Crippen LogP contribution is 2.30. The van der Waals surface area contributed by atoms with Crippen LogP contribution in [0.1, 0.15) is 43.1 Å². The van der Waals surface area contributed by atoms with E-state index in [2.05, 4.69) is 25.5 Å². The van der Waals surface area contributed by atoms with E-state index in [1.807, 2.05) is 26.2 Å². The van der Waals surface area contributed by atoms with E-state index in [1.54, 1.807) is 28.2 Å². The standard InChI is InChI=1S/C19H23N7O2/c1-13-7-8-20-11-15(13)22-19(27)26-9-5-3-4-6-16(26)17-23-18(28-24-17)14-10-21-25(2)12-14/h7-8,10-12,16H,3-6,9H2,1-2H3,(H,22,27). The smallest absolute Gasteiger partial charge is 0.322 e. The second kappa shape index (κ2) is 7.79. The van der Waals surface area contributed by atoms with Crippen molar-refractivity contribution in [1.82, 2.24) is 29.8 Å². The Morgan fingerprint density at radius 3 is 2.96 bits per heavy atom. The molecular formula is C19H23N7O2. The van der Waals surface area contributed by atoms with Gasteiger partial charge in [0.25, 0.3) is 5.89 Å². The minimum Gasteiger partial charge on any atom is -0.334 e. The molecule has 1 saturated heterocycles. The van der Waals surface area contributed by atoms with Gasteiger partial charge < -0.3 is 14.7 Å². The summed E-state index contributed by atoms with van der Waals surface area (Å²) in [6, 6.07) is 1.47. The number of hydrogen-bond donors (Lipinski definition) is 1. The predicted molar refractivity (Wildman–Crippen MR) is 102 cm³/mol. The summed E-state index contributed by atoms with van der Waals surface area (Å²) in [7, 11) is 1.83. The van der Waals surface area contributed by atoms with Crippen LogP contribution in [0.2, 0.25) is 0 Å². The Hall–Kier alpha value is -3.23. The van der Waals surface area contributed by atoms with Crippen LogP contribution in [0.4, 0.5) is 10.5 Å². The van der Waals surface area contributed by atoms with Crippen LogP contribution in [0.3, 0.4) is 0 Å². The molecule has 3 aromatic heterocycles. The first-order chi connectivity index (χ1) is 13.6. The monoisotopic (exact) mass is 381 g/mol. The van der Waals surface area contributed by atoms with Gasteiger partial charge in [0.15, 0.2) is 5.82 Å². The fraction of sp³-hybridized carbons (Fsp3) is 0.421. The predicted octanol–water partition coefficient (Wildman–Crippen LogP) is 3.32. The fourth-order valence-corrected chi connectivity index (χ4v) is 3.42. The molecule has 1 aliphatic heterocycles. The molecule has 9 nitrogen and oxygen atoms in total. The Balaban J connectivity index is 1.58. The van der Waals surface area contributed by atoms with Crippen molar-refractivity contribution in [3.8, 4) is 11.5 Å². The van der Waals surface area contributed by atoms with Crippen LogP contribution in [-0.2, 0) is 7.05 Å². The molecule has 3 aromatic rings. The highest BCUT2D eigenvalue weighted by Gasteiger charge is 2.31. The topological polar surface area (TPSA) is 102 Å². The van der Waals surface area contributed by atoms with E-state index in [-0.39, 0.29) is 12.1 Å². The van der Waals surface area contributed by atoms with Crippen LogP contribution in [-0.4, -0.2) is 42.4 Å². The van der Waals surface area contributed by atoms with Gasteiger partial charge in [-0.25, -0.2) is 4.79 Å². The summed E-state index contributed by atoms with van der Waals surface area (Å²) in [6.45, 7) is 2.59. The van der Waals surface area contributed by atoms with Crippen LogP contribution in [0.15, 0.2) is 35.4 Å². The van der Waals surface area contributed by atoms with Gasteiger partial charge in [0.1, 0.15) is 0 Å². The third kappa shape index (κ3) is 3.73. The summed E-state index contributed by atoms with van der Waals surface area (Å²) in [5, 5.41) is 11.3. The number of aromatic nitrogens is 5. The van der Waals surface area contributed by atoms with Crippen molar-refractivity contribution in [2.24, 2.45) is 7.05 Å². The number of aryl methyl sites for hydroxylation is 2. The third-order valence-electron chi connectivity index (χ3n) is 4.99. The Labute approximate surface area is 162 Å². The van der Waals surface area contributed by atoms with Crippen LogP contribution >= 0.6 is 0 Å². The molecule has 0 radical (unpaired) electrons. The van der Waals surface area contributed by atoms with Gasteiger partial charge in [-0.05, 0) is 31.4 Å². The van der Waals surface area contributed by atoms with Crippen LogP contribution in [0.5, 0.6) is 0 Å². The second-order valence-corrected chi connectivity index (χ2v) is 7.04. The maximum Gasteiger partial charge on any atom is 0.322 e. The number of amides is 2. The molecule has 4 heterocycles. The van der Waals surface area contributed by atoms with E-state index in [9.17, 15) is 4.79 Å². The first kappa shape index (κ1) is 18.1. The number of hydrogen-bond acceptors (Lipinski definition) is 6. The number of pyridine rings is 1. The van der Waals surface area contributed by atoms with Crippen molar-refractivity contribution in [3.63, 3.8) is 0 Å². The van der Waals surface area contributed by atoms with Crippen molar-refractivity contribution >= 4 is 11.7 Å². The van der Waals surface area contributed by atoms with Crippen molar-refractivity contribution in [2.45, 2.75) is 38.6 Å². The van der Waals surface area contributed by atoms with Gasteiger partial charge in [0.2, 0.25) is 0 Å². The average molecular weight is 381 g/mol. The summed E-state index contributed by atoms with van der Waals surface area (Å²) in [5.41, 5.74) is 2.43.